The maximum Gasteiger partial charge on any atom is 0.220 e. The van der Waals surface area contributed by atoms with Crippen molar-refractivity contribution >= 4 is 5.91 Å². The van der Waals surface area contributed by atoms with Crippen LogP contribution in [0.5, 0.6) is 0 Å². The first kappa shape index (κ1) is 62.2. The Kier molecular flexibility index (Phi) is 44.1. The van der Waals surface area contributed by atoms with Gasteiger partial charge in [-0.2, -0.15) is 0 Å². The van der Waals surface area contributed by atoms with Crippen LogP contribution in [0.15, 0.2) is 48.6 Å². The highest BCUT2D eigenvalue weighted by Crippen LogP contribution is 2.23. The summed E-state index contributed by atoms with van der Waals surface area (Å²) in [7, 11) is 0. The first-order valence-corrected chi connectivity index (χ1v) is 27.8. The molecule has 9 nitrogen and oxygen atoms in total. The van der Waals surface area contributed by atoms with Gasteiger partial charge in [0.25, 0.3) is 0 Å². The molecule has 1 amide bonds. The number of ether oxygens (including phenoxy) is 2. The lowest BCUT2D eigenvalue weighted by molar-refractivity contribution is -0.302. The average Bonchev–Trinajstić information content (AvgIpc) is 3.32. The van der Waals surface area contributed by atoms with Crippen LogP contribution in [0.4, 0.5) is 0 Å². The molecular formula is C57H105NO8. The summed E-state index contributed by atoms with van der Waals surface area (Å²) in [6, 6.07) is -0.742. The molecule has 0 bridgehead atoms. The summed E-state index contributed by atoms with van der Waals surface area (Å²) in [5.74, 6) is -0.183. The van der Waals surface area contributed by atoms with Gasteiger partial charge in [0.05, 0.1) is 25.4 Å². The number of hydrogen-bond acceptors (Lipinski definition) is 8. The van der Waals surface area contributed by atoms with Gasteiger partial charge in [0.1, 0.15) is 24.4 Å². The molecule has 1 heterocycles. The minimum Gasteiger partial charge on any atom is -0.394 e. The van der Waals surface area contributed by atoms with Crippen molar-refractivity contribution in [2.75, 3.05) is 13.2 Å². The summed E-state index contributed by atoms with van der Waals surface area (Å²) in [6.07, 6.45) is 54.4. The van der Waals surface area contributed by atoms with E-state index < -0.39 is 49.5 Å². The van der Waals surface area contributed by atoms with Crippen molar-refractivity contribution in [3.05, 3.63) is 48.6 Å². The van der Waals surface area contributed by atoms with Crippen LogP contribution in [0.3, 0.4) is 0 Å². The van der Waals surface area contributed by atoms with Gasteiger partial charge < -0.3 is 40.3 Å². The van der Waals surface area contributed by atoms with Crippen molar-refractivity contribution in [3.63, 3.8) is 0 Å². The number of carbonyl (C=O) groups is 1. The van der Waals surface area contributed by atoms with Crippen LogP contribution in [0.25, 0.3) is 0 Å². The maximum atomic E-state index is 13.0. The highest BCUT2D eigenvalue weighted by atomic mass is 16.7. The monoisotopic (exact) mass is 932 g/mol. The van der Waals surface area contributed by atoms with E-state index in [9.17, 15) is 30.3 Å². The molecule has 1 aliphatic heterocycles. The van der Waals surface area contributed by atoms with Crippen molar-refractivity contribution < 1.29 is 39.8 Å². The number of amides is 1. The quantitative estimate of drug-likeness (QED) is 0.0261. The van der Waals surface area contributed by atoms with Crippen LogP contribution in [0.2, 0.25) is 0 Å². The van der Waals surface area contributed by atoms with E-state index in [1.54, 1.807) is 0 Å². The van der Waals surface area contributed by atoms with E-state index in [4.69, 9.17) is 9.47 Å². The van der Waals surface area contributed by atoms with Gasteiger partial charge in [0.15, 0.2) is 6.29 Å². The van der Waals surface area contributed by atoms with Gasteiger partial charge >= 0.3 is 0 Å². The molecule has 0 radical (unpaired) electrons. The first-order chi connectivity index (χ1) is 32.3. The van der Waals surface area contributed by atoms with Crippen LogP contribution in [0, 0.1) is 0 Å². The summed E-state index contributed by atoms with van der Waals surface area (Å²) in [6.45, 7) is 3.71. The molecule has 66 heavy (non-hydrogen) atoms. The van der Waals surface area contributed by atoms with Crippen molar-refractivity contribution in [2.45, 2.75) is 294 Å². The Morgan fingerprint density at radius 2 is 0.939 bits per heavy atom. The molecule has 9 heteroatoms. The molecule has 0 spiro atoms. The second-order valence-corrected chi connectivity index (χ2v) is 19.4. The van der Waals surface area contributed by atoms with E-state index in [0.29, 0.717) is 19.3 Å². The molecule has 1 rings (SSSR count). The highest BCUT2D eigenvalue weighted by molar-refractivity contribution is 5.76. The van der Waals surface area contributed by atoms with E-state index in [1.807, 2.05) is 0 Å². The zero-order chi connectivity index (χ0) is 48.0. The number of hydrogen-bond donors (Lipinski definition) is 6. The fraction of sp³-hybridized carbons (Fsp3) is 0.842. The van der Waals surface area contributed by atoms with E-state index in [0.717, 1.165) is 57.8 Å². The Hall–Kier alpha value is -1.85. The third-order valence-electron chi connectivity index (χ3n) is 13.2. The third kappa shape index (κ3) is 36.2. The Morgan fingerprint density at radius 1 is 0.530 bits per heavy atom. The smallest absolute Gasteiger partial charge is 0.220 e. The maximum absolute atomic E-state index is 13.0. The van der Waals surface area contributed by atoms with E-state index in [2.05, 4.69) is 67.8 Å². The lowest BCUT2D eigenvalue weighted by Crippen LogP contribution is -2.60. The molecule has 1 saturated heterocycles. The zero-order valence-electron chi connectivity index (χ0n) is 42.7. The molecule has 0 saturated carbocycles. The standard InChI is InChI=1S/C57H105NO8/c1-3-5-7-9-11-13-15-17-19-20-21-22-23-24-25-26-27-28-29-30-31-33-34-36-38-40-42-44-46-51(60)50(49-65-57-56(64)55(63)54(62)52(48-59)66-57)58-53(61)47-45-43-41-39-37-35-32-18-16-14-12-10-8-6-4-2/h6,8,12,14,18,32,37,39,50-52,54-57,59-60,62-64H,3-5,7,9-11,13,15-17,19-31,33-36,38,40-49H2,1-2H3,(H,58,61)/b8-6-,14-12-,32-18-,39-37-. The van der Waals surface area contributed by atoms with Gasteiger partial charge in [-0.05, 0) is 51.4 Å². The summed E-state index contributed by atoms with van der Waals surface area (Å²) >= 11 is 0. The third-order valence-corrected chi connectivity index (χ3v) is 13.2. The lowest BCUT2D eigenvalue weighted by Gasteiger charge is -2.40. The van der Waals surface area contributed by atoms with Crippen LogP contribution < -0.4 is 5.32 Å². The van der Waals surface area contributed by atoms with Crippen LogP contribution in [0.1, 0.15) is 251 Å². The molecule has 0 aromatic heterocycles. The van der Waals surface area contributed by atoms with Crippen LogP contribution >= 0.6 is 0 Å². The van der Waals surface area contributed by atoms with E-state index in [-0.39, 0.29) is 12.5 Å². The van der Waals surface area contributed by atoms with E-state index in [1.165, 1.54) is 161 Å². The van der Waals surface area contributed by atoms with E-state index >= 15 is 0 Å². The van der Waals surface area contributed by atoms with Crippen LogP contribution in [-0.2, 0) is 14.3 Å². The van der Waals surface area contributed by atoms with Crippen LogP contribution in [-0.4, -0.2) is 87.5 Å². The Bertz CT molecular complexity index is 1170. The van der Waals surface area contributed by atoms with Gasteiger partial charge in [-0.25, -0.2) is 0 Å². The molecule has 386 valence electrons. The number of aliphatic hydroxyl groups excluding tert-OH is 5. The second-order valence-electron chi connectivity index (χ2n) is 19.4. The first-order valence-electron chi connectivity index (χ1n) is 27.8. The highest BCUT2D eigenvalue weighted by Gasteiger charge is 2.44. The number of carbonyl (C=O) groups excluding carboxylic acids is 1. The Labute approximate surface area is 405 Å². The predicted molar refractivity (Wildman–Crippen MR) is 276 cm³/mol. The topological polar surface area (TPSA) is 149 Å². The number of rotatable bonds is 47. The molecule has 0 aromatic rings. The molecule has 0 aliphatic carbocycles. The average molecular weight is 932 g/mol. The summed E-state index contributed by atoms with van der Waals surface area (Å²) < 4.78 is 11.3. The van der Waals surface area contributed by atoms with Crippen molar-refractivity contribution in [3.8, 4) is 0 Å². The largest absolute Gasteiger partial charge is 0.394 e. The normalized spacial score (nSPS) is 20.1. The van der Waals surface area contributed by atoms with Crippen molar-refractivity contribution in [1.82, 2.24) is 5.32 Å². The number of aliphatic hydroxyl groups is 5. The second kappa shape index (κ2) is 46.9. The fourth-order valence-corrected chi connectivity index (χ4v) is 8.80. The predicted octanol–water partition coefficient (Wildman–Crippen LogP) is 13.3. The molecule has 7 atom stereocenters. The SMILES string of the molecule is CC/C=C\C/C=C\C/C=C\C/C=C\CCCCC(=O)NC(COC1OC(CO)C(O)C(O)C1O)C(O)CCCCCCCCCCCCCCCCCCCCCCCCCCCCCC. The Balaban J connectivity index is 2.19. The van der Waals surface area contributed by atoms with Gasteiger partial charge in [0, 0.05) is 6.42 Å². The van der Waals surface area contributed by atoms with Crippen molar-refractivity contribution in [2.24, 2.45) is 0 Å². The molecular weight excluding hydrogens is 827 g/mol. The van der Waals surface area contributed by atoms with Gasteiger partial charge in [-0.1, -0.05) is 242 Å². The summed E-state index contributed by atoms with van der Waals surface area (Å²) in [4.78, 5) is 13.0. The van der Waals surface area contributed by atoms with Gasteiger partial charge in [-0.15, -0.1) is 0 Å². The molecule has 7 unspecified atom stereocenters. The molecule has 1 aliphatic rings. The molecule has 0 aromatic carbocycles. The number of nitrogens with one attached hydrogen (secondary N) is 1. The summed E-state index contributed by atoms with van der Waals surface area (Å²) in [5.41, 5.74) is 0. The number of allylic oxidation sites excluding steroid dienone is 8. The van der Waals surface area contributed by atoms with Crippen molar-refractivity contribution in [1.29, 1.82) is 0 Å². The lowest BCUT2D eigenvalue weighted by atomic mass is 9.99. The fourth-order valence-electron chi connectivity index (χ4n) is 8.80. The molecule has 6 N–H and O–H groups in total. The zero-order valence-corrected chi connectivity index (χ0v) is 42.7. The van der Waals surface area contributed by atoms with Gasteiger partial charge in [0.2, 0.25) is 5.91 Å². The Morgan fingerprint density at radius 3 is 1.36 bits per heavy atom. The molecule has 1 fully saturated rings. The summed E-state index contributed by atoms with van der Waals surface area (Å²) in [5, 5.41) is 54.5. The minimum absolute atomic E-state index is 0.156. The van der Waals surface area contributed by atoms with Gasteiger partial charge in [-0.3, -0.25) is 4.79 Å². The minimum atomic E-state index is -1.56. The number of unbranched alkanes of at least 4 members (excludes halogenated alkanes) is 29.